The highest BCUT2D eigenvalue weighted by molar-refractivity contribution is 7.16. The molecule has 0 fully saturated rings. The molecule has 2 atom stereocenters. The molecule has 10 heteroatoms. The Morgan fingerprint density at radius 2 is 0.475 bits per heavy atom. The number of aliphatic hydroxyl groups is 2. The van der Waals surface area contributed by atoms with Crippen molar-refractivity contribution in [2.75, 3.05) is 0 Å². The fourth-order valence-corrected chi connectivity index (χ4v) is 38.4. The summed E-state index contributed by atoms with van der Waals surface area (Å²) in [6.07, 6.45) is 79.7. The molecule has 2 N–H and O–H groups in total. The maximum Gasteiger partial charge on any atom is 0.200 e. The first-order chi connectivity index (χ1) is 58.3. The summed E-state index contributed by atoms with van der Waals surface area (Å²) < 4.78 is 14.8. The highest BCUT2D eigenvalue weighted by Gasteiger charge is 2.51. The summed E-state index contributed by atoms with van der Waals surface area (Å²) in [5.41, 5.74) is 14.0. The molecule has 0 saturated carbocycles. The normalized spacial score (nSPS) is 14.4. The fourth-order valence-electron chi connectivity index (χ4n) is 23.2. The van der Waals surface area contributed by atoms with Gasteiger partial charge in [-0.2, -0.15) is 0 Å². The van der Waals surface area contributed by atoms with Crippen LogP contribution in [0.1, 0.15) is 561 Å². The molecule has 0 amide bonds. The summed E-state index contributed by atoms with van der Waals surface area (Å²) in [5, 5.41) is 31.3. The maximum atomic E-state index is 13.4. The van der Waals surface area contributed by atoms with E-state index in [9.17, 15) is 10.2 Å². The molecule has 2 aliphatic carbocycles. The number of thiophene rings is 4. The number of hydrogen-bond acceptors (Lipinski definition) is 8. The van der Waals surface area contributed by atoms with Crippen LogP contribution in [-0.4, -0.2) is 26.8 Å². The first-order valence-electron chi connectivity index (χ1n) is 52.5. The molecule has 4 nitrogen and oxygen atoms in total. The van der Waals surface area contributed by atoms with Gasteiger partial charge < -0.3 is 19.1 Å². The van der Waals surface area contributed by atoms with Crippen LogP contribution in [0, 0.1) is 0 Å². The predicted octanol–water partition coefficient (Wildman–Crippen LogP) is 39.5. The SMILES string of the molecule is CCCCCCCCCCCCCCCCC1(CCCCCCCCCCCCCCCC)c2cc3c(cc2-c2sc(C(O)c4ccsc4CO[Si](C(C)C)(C(C)C)C(C)C)cc21)C(CCCCCCCCCCCCCCCC)(CCCCCCCCCCCCCCCC)c1cc(C(O)c2ccsc2CO[Si](C(C)C)(C(C)C)C(C)C)sc1-3. The Bertz CT molecular complexity index is 3100. The summed E-state index contributed by atoms with van der Waals surface area (Å²) in [6, 6.07) is 15.4. The summed E-state index contributed by atoms with van der Waals surface area (Å²) in [5.74, 6) is 0. The van der Waals surface area contributed by atoms with Crippen molar-refractivity contribution in [3.05, 3.63) is 100 Å². The van der Waals surface area contributed by atoms with Crippen molar-refractivity contribution in [3.63, 3.8) is 0 Å². The third-order valence-electron chi connectivity index (χ3n) is 30.0. The third kappa shape index (κ3) is 31.3. The molecule has 4 heterocycles. The predicted molar refractivity (Wildman–Crippen MR) is 543 cm³/mol. The average Bonchev–Trinajstić information content (AvgIpc) is 1.52. The molecule has 2 unspecified atom stereocenters. The maximum absolute atomic E-state index is 13.4. The van der Waals surface area contributed by atoms with Crippen LogP contribution in [0.5, 0.6) is 0 Å². The Morgan fingerprint density at radius 3 is 0.675 bits per heavy atom. The van der Waals surface area contributed by atoms with Gasteiger partial charge in [-0.3, -0.25) is 0 Å². The van der Waals surface area contributed by atoms with Crippen LogP contribution in [-0.2, 0) is 32.9 Å². The van der Waals surface area contributed by atoms with Crippen molar-refractivity contribution >= 4 is 62.0 Å². The van der Waals surface area contributed by atoms with Crippen molar-refractivity contribution in [1.82, 2.24) is 0 Å². The number of fused-ring (bicyclic) bond motifs is 6. The molecule has 4 aromatic heterocycles. The second kappa shape index (κ2) is 58.8. The zero-order valence-corrected chi connectivity index (χ0v) is 86.7. The molecule has 0 bridgehead atoms. The van der Waals surface area contributed by atoms with Crippen LogP contribution in [0.25, 0.3) is 20.9 Å². The number of unbranched alkanes of at least 4 members (excludes halogenated alkanes) is 52. The van der Waals surface area contributed by atoms with Crippen molar-refractivity contribution in [2.24, 2.45) is 0 Å². The van der Waals surface area contributed by atoms with Gasteiger partial charge in [-0.15, -0.1) is 45.3 Å². The minimum absolute atomic E-state index is 0.166. The van der Waals surface area contributed by atoms with Crippen LogP contribution < -0.4 is 0 Å². The quantitative estimate of drug-likeness (QED) is 0.0301. The molecule has 0 saturated heterocycles. The molecule has 5 aromatic rings. The van der Waals surface area contributed by atoms with E-state index in [0.29, 0.717) is 46.5 Å². The lowest BCUT2D eigenvalue weighted by Crippen LogP contribution is -2.47. The summed E-state index contributed by atoms with van der Waals surface area (Å²) in [7, 11) is -4.35. The zero-order valence-electron chi connectivity index (χ0n) is 81.4. The highest BCUT2D eigenvalue weighted by atomic mass is 32.1. The van der Waals surface area contributed by atoms with Gasteiger partial charge in [-0.25, -0.2) is 0 Å². The summed E-state index contributed by atoms with van der Waals surface area (Å²) in [4.78, 5) is 7.55. The van der Waals surface area contributed by atoms with E-state index in [1.165, 1.54) is 401 Å². The van der Waals surface area contributed by atoms with Gasteiger partial charge in [-0.1, -0.05) is 470 Å². The van der Waals surface area contributed by atoms with Crippen molar-refractivity contribution in [1.29, 1.82) is 0 Å². The Kier molecular flexibility index (Phi) is 51.6. The van der Waals surface area contributed by atoms with Crippen LogP contribution in [0.15, 0.2) is 47.2 Å². The third-order valence-corrected chi connectivity index (χ3v) is 46.4. The Hall–Kier alpha value is -1.71. The standard InChI is InChI=1S/C110H190O4S4Si2/c1-17-21-25-29-33-37-41-45-49-53-57-61-65-69-75-109(76-70-66-62-58-54-50-46-42-38-34-30-26-22-18-2)97-81-96-98(82-95(97)107-99(109)83-101(117-107)105(111)93-73-79-115-103(93)85-113-119(87(5)6,88(7)8)89(9)10)110(77-71-67-63-59-55-51-47-43-39-35-31-27-23-19-3,78-72-68-64-60-56-52-48-44-40-36-32-28-24-20-4)100-84-102(118-108(96)100)106(112)94-74-80-116-104(94)86-114-120(90(11)12,91(13)14)92(15)16/h73-74,79-84,87-92,105-106,111-112H,17-72,75-78,85-86H2,1-16H3. The lowest BCUT2D eigenvalue weighted by atomic mass is 9.68. The van der Waals surface area contributed by atoms with E-state index in [1.54, 1.807) is 33.8 Å². The van der Waals surface area contributed by atoms with Gasteiger partial charge in [0.25, 0.3) is 0 Å². The lowest BCUT2D eigenvalue weighted by Gasteiger charge is -2.42. The van der Waals surface area contributed by atoms with Gasteiger partial charge >= 0.3 is 0 Å². The smallest absolute Gasteiger partial charge is 0.200 e. The average molecular weight is 1760 g/mol. The first-order valence-corrected chi connectivity index (χ1v) is 60.2. The van der Waals surface area contributed by atoms with E-state index in [4.69, 9.17) is 8.85 Å². The zero-order chi connectivity index (χ0) is 86.4. The molecular weight excluding hydrogens is 1570 g/mol. The molecule has 1 aromatic carbocycles. The molecule has 120 heavy (non-hydrogen) atoms. The molecule has 0 spiro atoms. The van der Waals surface area contributed by atoms with Crippen molar-refractivity contribution in [3.8, 4) is 20.9 Å². The van der Waals surface area contributed by atoms with E-state index < -0.39 is 28.8 Å². The Balaban J connectivity index is 1.32. The van der Waals surface area contributed by atoms with E-state index in [0.717, 1.165) is 46.6 Å². The molecule has 7 rings (SSSR count). The highest BCUT2D eigenvalue weighted by Crippen LogP contribution is 2.65. The molecule has 2 aliphatic rings. The van der Waals surface area contributed by atoms with Gasteiger partial charge in [0.2, 0.25) is 16.6 Å². The lowest BCUT2D eigenvalue weighted by molar-refractivity contribution is 0.217. The van der Waals surface area contributed by atoms with Gasteiger partial charge in [0.15, 0.2) is 0 Å². The largest absolute Gasteiger partial charge is 0.411 e. The van der Waals surface area contributed by atoms with Crippen LogP contribution in [0.4, 0.5) is 0 Å². The van der Waals surface area contributed by atoms with Gasteiger partial charge in [0.1, 0.15) is 12.2 Å². The summed E-state index contributed by atoms with van der Waals surface area (Å²) >= 11 is 7.50. The molecule has 686 valence electrons. The van der Waals surface area contributed by atoms with Gasteiger partial charge in [0.05, 0.1) is 13.2 Å². The molecular formula is C110H190O4S4Si2. The number of benzene rings is 1. The fraction of sp³-hybridized carbons (Fsp3) is 0.800. The van der Waals surface area contributed by atoms with Crippen molar-refractivity contribution < 1.29 is 19.1 Å². The minimum Gasteiger partial charge on any atom is -0.411 e. The second-order valence-corrected chi connectivity index (χ2v) is 56.0. The topological polar surface area (TPSA) is 58.9 Å². The monoisotopic (exact) mass is 1760 g/mol. The second-order valence-electron chi connectivity index (χ2n) is 40.9. The number of aliphatic hydroxyl groups excluding tert-OH is 2. The van der Waals surface area contributed by atoms with Gasteiger partial charge in [-0.05, 0) is 139 Å². The van der Waals surface area contributed by atoms with Crippen molar-refractivity contribution in [2.45, 2.75) is 566 Å². The minimum atomic E-state index is -2.17. The van der Waals surface area contributed by atoms with E-state index in [-0.39, 0.29) is 10.8 Å². The van der Waals surface area contributed by atoms with E-state index in [2.05, 4.69) is 158 Å². The Labute approximate surface area is 761 Å². The van der Waals surface area contributed by atoms with Gasteiger partial charge in [0, 0.05) is 51.2 Å². The van der Waals surface area contributed by atoms with E-state index >= 15 is 0 Å². The van der Waals surface area contributed by atoms with Crippen LogP contribution in [0.2, 0.25) is 33.2 Å². The van der Waals surface area contributed by atoms with Crippen LogP contribution in [0.3, 0.4) is 0 Å². The summed E-state index contributed by atoms with van der Waals surface area (Å²) in [6.45, 7) is 39.4. The Morgan fingerprint density at radius 1 is 0.275 bits per heavy atom. The molecule has 0 radical (unpaired) electrons. The molecule has 0 aliphatic heterocycles. The van der Waals surface area contributed by atoms with E-state index in [1.807, 2.05) is 22.7 Å². The number of rotatable bonds is 76. The first kappa shape index (κ1) is 105. The number of hydrogen-bond donors (Lipinski definition) is 2. The van der Waals surface area contributed by atoms with Crippen LogP contribution >= 0.6 is 45.3 Å².